The molecule has 0 saturated carbocycles. The lowest BCUT2D eigenvalue weighted by Gasteiger charge is -2.09. The van der Waals surface area contributed by atoms with Gasteiger partial charge in [0.1, 0.15) is 5.75 Å². The molecule has 1 heterocycles. The topological polar surface area (TPSA) is 61.0 Å². The van der Waals surface area contributed by atoms with Gasteiger partial charge in [-0.3, -0.25) is 0 Å². The minimum atomic E-state index is 0.510. The number of ether oxygens (including phenoxy) is 1. The second-order valence-electron chi connectivity index (χ2n) is 4.76. The van der Waals surface area contributed by atoms with Crippen LogP contribution in [0.2, 0.25) is 0 Å². The molecule has 2 N–H and O–H groups in total. The Labute approximate surface area is 117 Å². The van der Waals surface area contributed by atoms with E-state index in [2.05, 4.69) is 10.2 Å². The standard InChI is InChI=1S/C16H15N3O/c1-10-9-12(7-8-15(10)17)20-16-14-6-4-3-5-13(14)11(2)18-19-16/h3-9H,17H2,1-2H3. The van der Waals surface area contributed by atoms with E-state index in [0.29, 0.717) is 11.6 Å². The largest absolute Gasteiger partial charge is 0.437 e. The van der Waals surface area contributed by atoms with E-state index in [4.69, 9.17) is 10.5 Å². The molecule has 1 aromatic heterocycles. The van der Waals surface area contributed by atoms with Crippen LogP contribution >= 0.6 is 0 Å². The van der Waals surface area contributed by atoms with Crippen LogP contribution in [0.15, 0.2) is 42.5 Å². The van der Waals surface area contributed by atoms with Gasteiger partial charge in [0.2, 0.25) is 5.88 Å². The second kappa shape index (κ2) is 4.81. The van der Waals surface area contributed by atoms with Gasteiger partial charge in [-0.2, -0.15) is 5.10 Å². The van der Waals surface area contributed by atoms with Gasteiger partial charge < -0.3 is 10.5 Å². The molecule has 3 rings (SSSR count). The first-order chi connectivity index (χ1) is 9.65. The van der Waals surface area contributed by atoms with Gasteiger partial charge in [-0.1, -0.05) is 18.2 Å². The average Bonchev–Trinajstić information content (AvgIpc) is 2.46. The lowest BCUT2D eigenvalue weighted by Crippen LogP contribution is -1.96. The van der Waals surface area contributed by atoms with Crippen LogP contribution in [0.3, 0.4) is 0 Å². The summed E-state index contributed by atoms with van der Waals surface area (Å²) in [5, 5.41) is 10.3. The van der Waals surface area contributed by atoms with Crippen molar-refractivity contribution in [2.75, 3.05) is 5.73 Å². The first-order valence-electron chi connectivity index (χ1n) is 6.41. The van der Waals surface area contributed by atoms with Crippen molar-refractivity contribution in [2.45, 2.75) is 13.8 Å². The summed E-state index contributed by atoms with van der Waals surface area (Å²) in [7, 11) is 0. The maximum absolute atomic E-state index is 5.85. The smallest absolute Gasteiger partial charge is 0.246 e. The van der Waals surface area contributed by atoms with E-state index in [-0.39, 0.29) is 0 Å². The minimum absolute atomic E-state index is 0.510. The summed E-state index contributed by atoms with van der Waals surface area (Å²) in [6.45, 7) is 3.88. The van der Waals surface area contributed by atoms with E-state index in [1.807, 2.05) is 56.3 Å². The van der Waals surface area contributed by atoms with Crippen molar-refractivity contribution in [1.29, 1.82) is 0 Å². The van der Waals surface area contributed by atoms with Crippen molar-refractivity contribution in [3.05, 3.63) is 53.7 Å². The molecule has 0 aliphatic rings. The second-order valence-corrected chi connectivity index (χ2v) is 4.76. The Morgan fingerprint density at radius 3 is 2.45 bits per heavy atom. The first-order valence-corrected chi connectivity index (χ1v) is 6.41. The van der Waals surface area contributed by atoms with Crippen molar-refractivity contribution in [3.8, 4) is 11.6 Å². The Bertz CT molecular complexity index is 784. The Morgan fingerprint density at radius 2 is 1.70 bits per heavy atom. The number of nitrogens with two attached hydrogens (primary N) is 1. The molecule has 4 heteroatoms. The van der Waals surface area contributed by atoms with Gasteiger partial charge in [0.25, 0.3) is 0 Å². The third-order valence-corrected chi connectivity index (χ3v) is 3.29. The summed E-state index contributed by atoms with van der Waals surface area (Å²) in [6, 6.07) is 13.5. The highest BCUT2D eigenvalue weighted by Gasteiger charge is 2.08. The van der Waals surface area contributed by atoms with Gasteiger partial charge >= 0.3 is 0 Å². The fourth-order valence-corrected chi connectivity index (χ4v) is 2.11. The molecule has 20 heavy (non-hydrogen) atoms. The fourth-order valence-electron chi connectivity index (χ4n) is 2.11. The number of nitrogens with zero attached hydrogens (tertiary/aromatic N) is 2. The Morgan fingerprint density at radius 1 is 0.950 bits per heavy atom. The molecule has 0 amide bonds. The normalized spacial score (nSPS) is 10.7. The summed E-state index contributed by atoms with van der Waals surface area (Å²) in [4.78, 5) is 0. The first kappa shape index (κ1) is 12.4. The highest BCUT2D eigenvalue weighted by Crippen LogP contribution is 2.29. The van der Waals surface area contributed by atoms with Crippen molar-refractivity contribution in [2.24, 2.45) is 0 Å². The Hall–Kier alpha value is -2.62. The Balaban J connectivity index is 2.06. The average molecular weight is 265 g/mol. The molecule has 0 aliphatic heterocycles. The van der Waals surface area contributed by atoms with Gasteiger partial charge in [0.05, 0.1) is 5.69 Å². The predicted octanol–water partition coefficient (Wildman–Crippen LogP) is 3.62. The summed E-state index contributed by atoms with van der Waals surface area (Å²) in [5.41, 5.74) is 8.43. The maximum Gasteiger partial charge on any atom is 0.246 e. The number of fused-ring (bicyclic) bond motifs is 1. The summed E-state index contributed by atoms with van der Waals surface area (Å²) in [6.07, 6.45) is 0. The van der Waals surface area contributed by atoms with Crippen molar-refractivity contribution in [1.82, 2.24) is 10.2 Å². The molecule has 0 atom stereocenters. The molecule has 0 saturated heterocycles. The highest BCUT2D eigenvalue weighted by molar-refractivity contribution is 5.88. The van der Waals surface area contributed by atoms with E-state index < -0.39 is 0 Å². The van der Waals surface area contributed by atoms with Crippen molar-refractivity contribution in [3.63, 3.8) is 0 Å². The molecule has 0 spiro atoms. The summed E-state index contributed by atoms with van der Waals surface area (Å²) < 4.78 is 5.85. The van der Waals surface area contributed by atoms with E-state index in [0.717, 1.165) is 27.7 Å². The molecule has 3 aromatic rings. The number of rotatable bonds is 2. The van der Waals surface area contributed by atoms with Gasteiger partial charge in [-0.15, -0.1) is 5.10 Å². The van der Waals surface area contributed by atoms with Gasteiger partial charge in [-0.25, -0.2) is 0 Å². The number of aromatic nitrogens is 2. The van der Waals surface area contributed by atoms with E-state index in [9.17, 15) is 0 Å². The number of anilines is 1. The van der Waals surface area contributed by atoms with Crippen LogP contribution in [0, 0.1) is 13.8 Å². The highest BCUT2D eigenvalue weighted by atomic mass is 16.5. The number of benzene rings is 2. The van der Waals surface area contributed by atoms with Crippen LogP contribution in [0.4, 0.5) is 5.69 Å². The van der Waals surface area contributed by atoms with Crippen LogP contribution in [-0.2, 0) is 0 Å². The molecular formula is C16H15N3O. The van der Waals surface area contributed by atoms with Crippen LogP contribution in [-0.4, -0.2) is 10.2 Å². The SMILES string of the molecule is Cc1cc(Oc2nnc(C)c3ccccc23)ccc1N. The summed E-state index contributed by atoms with van der Waals surface area (Å²) >= 11 is 0. The quantitative estimate of drug-likeness (QED) is 0.719. The molecule has 0 radical (unpaired) electrons. The van der Waals surface area contributed by atoms with Crippen LogP contribution in [0.5, 0.6) is 11.6 Å². The molecule has 2 aromatic carbocycles. The third-order valence-electron chi connectivity index (χ3n) is 3.29. The van der Waals surface area contributed by atoms with Crippen molar-refractivity contribution < 1.29 is 4.74 Å². The Kier molecular flexibility index (Phi) is 2.99. The molecule has 4 nitrogen and oxygen atoms in total. The van der Waals surface area contributed by atoms with Crippen LogP contribution in [0.25, 0.3) is 10.8 Å². The number of hydrogen-bond donors (Lipinski definition) is 1. The monoisotopic (exact) mass is 265 g/mol. The molecule has 100 valence electrons. The minimum Gasteiger partial charge on any atom is -0.437 e. The lowest BCUT2D eigenvalue weighted by molar-refractivity contribution is 0.461. The molecule has 0 unspecified atom stereocenters. The molecular weight excluding hydrogens is 250 g/mol. The molecule has 0 fully saturated rings. The van der Waals surface area contributed by atoms with Crippen molar-refractivity contribution >= 4 is 16.5 Å². The third kappa shape index (κ3) is 2.16. The maximum atomic E-state index is 5.85. The fraction of sp³-hybridized carbons (Fsp3) is 0.125. The van der Waals surface area contributed by atoms with E-state index in [1.54, 1.807) is 0 Å². The number of hydrogen-bond acceptors (Lipinski definition) is 4. The molecule has 0 aliphatic carbocycles. The predicted molar refractivity (Wildman–Crippen MR) is 79.9 cm³/mol. The van der Waals surface area contributed by atoms with Gasteiger partial charge in [0.15, 0.2) is 0 Å². The lowest BCUT2D eigenvalue weighted by atomic mass is 10.1. The van der Waals surface area contributed by atoms with Crippen LogP contribution < -0.4 is 10.5 Å². The zero-order valence-corrected chi connectivity index (χ0v) is 11.4. The van der Waals surface area contributed by atoms with Crippen LogP contribution in [0.1, 0.15) is 11.3 Å². The zero-order valence-electron chi connectivity index (χ0n) is 11.4. The van der Waals surface area contributed by atoms with E-state index >= 15 is 0 Å². The molecule has 0 bridgehead atoms. The number of nitrogen functional groups attached to an aromatic ring is 1. The summed E-state index contributed by atoms with van der Waals surface area (Å²) in [5.74, 6) is 1.22. The van der Waals surface area contributed by atoms with E-state index in [1.165, 1.54) is 0 Å². The van der Waals surface area contributed by atoms with Gasteiger partial charge in [-0.05, 0) is 43.7 Å². The van der Waals surface area contributed by atoms with Gasteiger partial charge in [0, 0.05) is 16.5 Å². The number of aryl methyl sites for hydroxylation is 2. The zero-order chi connectivity index (χ0) is 14.1.